The number of aromatic nitrogens is 1. The van der Waals surface area contributed by atoms with Crippen molar-refractivity contribution in [3.63, 3.8) is 0 Å². The maximum atomic E-state index is 10.7. The first-order chi connectivity index (χ1) is 4.86. The fourth-order valence-electron chi connectivity index (χ4n) is 0.851. The molecule has 11 heavy (non-hydrogen) atoms. The summed E-state index contributed by atoms with van der Waals surface area (Å²) >= 11 is 1.19. The zero-order valence-electron chi connectivity index (χ0n) is 6.07. The molecule has 1 aromatic heterocycles. The van der Waals surface area contributed by atoms with Crippen molar-refractivity contribution in [1.29, 1.82) is 0 Å². The Kier molecular flexibility index (Phi) is 2.90. The van der Waals surface area contributed by atoms with Gasteiger partial charge in [0.1, 0.15) is 0 Å². The van der Waals surface area contributed by atoms with E-state index in [0.29, 0.717) is 0 Å². The molecule has 50 valence electrons. The van der Waals surface area contributed by atoms with Gasteiger partial charge in [-0.25, -0.2) is 0 Å². The number of fused-ring (bicyclic) bond motifs is 1. The second-order valence-electron chi connectivity index (χ2n) is 1.95. The van der Waals surface area contributed by atoms with Crippen molar-refractivity contribution in [2.24, 2.45) is 0 Å². The zero-order valence-corrected chi connectivity index (χ0v) is 8.89. The molecule has 0 aliphatic rings. The summed E-state index contributed by atoms with van der Waals surface area (Å²) in [7, 11) is 0. The van der Waals surface area contributed by atoms with E-state index in [1.165, 1.54) is 11.3 Å². The average molecular weight is 173 g/mol. The van der Waals surface area contributed by atoms with Gasteiger partial charge < -0.3 is 5.11 Å². The van der Waals surface area contributed by atoms with Gasteiger partial charge in [-0.1, -0.05) is 12.1 Å². The number of nitrogens with zero attached hydrogens (tertiary/aromatic N) is 1. The summed E-state index contributed by atoms with van der Waals surface area (Å²) in [5, 5.41) is 10.6. The Labute approximate surface area is 90.2 Å². The van der Waals surface area contributed by atoms with Gasteiger partial charge in [-0.15, -0.1) is 11.3 Å². The molecular weight excluding hydrogens is 169 g/mol. The predicted molar refractivity (Wildman–Crippen MR) is 39.1 cm³/mol. The monoisotopic (exact) mass is 173 g/mol. The summed E-state index contributed by atoms with van der Waals surface area (Å²) in [5.41, 5.74) is 0.803. The van der Waals surface area contributed by atoms with Gasteiger partial charge in [0.25, 0.3) is 0 Å². The van der Waals surface area contributed by atoms with Crippen LogP contribution in [0, 0.1) is 0 Å². The number of thiazole rings is 1. The second-order valence-corrected chi connectivity index (χ2v) is 2.94. The van der Waals surface area contributed by atoms with Crippen LogP contribution in [0.25, 0.3) is 10.2 Å². The van der Waals surface area contributed by atoms with Crippen LogP contribution in [0.3, 0.4) is 0 Å². The van der Waals surface area contributed by atoms with Crippen LogP contribution in [0.1, 0.15) is 0 Å². The number of benzene rings is 1. The third-order valence-electron chi connectivity index (χ3n) is 1.27. The Bertz CT molecular complexity index is 327. The Balaban J connectivity index is 0.000000605. The van der Waals surface area contributed by atoms with Crippen LogP contribution in [-0.4, -0.2) is 4.98 Å². The molecule has 0 unspecified atom stereocenters. The molecule has 2 nitrogen and oxygen atoms in total. The maximum absolute atomic E-state index is 10.7. The Morgan fingerprint density at radius 2 is 2.00 bits per heavy atom. The summed E-state index contributed by atoms with van der Waals surface area (Å²) in [6.45, 7) is 0. The minimum atomic E-state index is -0.110. The van der Waals surface area contributed by atoms with Crippen molar-refractivity contribution in [2.45, 2.75) is 0 Å². The Morgan fingerprint density at radius 1 is 1.27 bits per heavy atom. The van der Waals surface area contributed by atoms with E-state index in [1.807, 2.05) is 24.3 Å². The van der Waals surface area contributed by atoms with Crippen molar-refractivity contribution < 1.29 is 34.7 Å². The minimum Gasteiger partial charge on any atom is -0.851 e. The molecule has 0 bridgehead atoms. The Hall–Kier alpha value is -0.0900. The average Bonchev–Trinajstić information content (AvgIpc) is 2.27. The van der Waals surface area contributed by atoms with Crippen LogP contribution in [0.15, 0.2) is 24.3 Å². The van der Waals surface area contributed by atoms with Gasteiger partial charge in [0.05, 0.1) is 10.2 Å². The third kappa shape index (κ3) is 1.73. The fraction of sp³-hybridized carbons (Fsp3) is 0. The second kappa shape index (κ2) is 3.54. The van der Waals surface area contributed by atoms with Gasteiger partial charge in [0.15, 0.2) is 0 Å². The zero-order chi connectivity index (χ0) is 6.97. The SMILES string of the molecule is [Na+].[O-]c1nc2ccccc2s1. The minimum absolute atomic E-state index is 0. The summed E-state index contributed by atoms with van der Waals surface area (Å²) < 4.78 is 0.965. The van der Waals surface area contributed by atoms with Gasteiger partial charge >= 0.3 is 29.6 Å². The van der Waals surface area contributed by atoms with Gasteiger partial charge in [-0.3, -0.25) is 4.98 Å². The molecule has 0 atom stereocenters. The first kappa shape index (κ1) is 9.00. The Morgan fingerprint density at radius 3 is 2.73 bits per heavy atom. The largest absolute Gasteiger partial charge is 1.00 e. The van der Waals surface area contributed by atoms with Crippen LogP contribution >= 0.6 is 11.3 Å². The predicted octanol–water partition coefficient (Wildman–Crippen LogP) is -1.63. The first-order valence-electron chi connectivity index (χ1n) is 2.89. The summed E-state index contributed by atoms with van der Waals surface area (Å²) in [6, 6.07) is 7.52. The van der Waals surface area contributed by atoms with Crippen molar-refractivity contribution in [1.82, 2.24) is 4.98 Å². The van der Waals surface area contributed by atoms with E-state index >= 15 is 0 Å². The molecule has 0 fully saturated rings. The molecule has 0 N–H and O–H groups in total. The summed E-state index contributed by atoms with van der Waals surface area (Å²) in [5.74, 6) is 0. The molecule has 0 amide bonds. The number of hydrogen-bond acceptors (Lipinski definition) is 3. The van der Waals surface area contributed by atoms with Crippen LogP contribution in [0.4, 0.5) is 0 Å². The van der Waals surface area contributed by atoms with E-state index in [0.717, 1.165) is 10.2 Å². The normalized spacial score (nSPS) is 9.45. The fourth-order valence-corrected chi connectivity index (χ4v) is 1.55. The smallest absolute Gasteiger partial charge is 0.851 e. The topological polar surface area (TPSA) is 36.0 Å². The van der Waals surface area contributed by atoms with Gasteiger partial charge in [0, 0.05) is 5.19 Å². The van der Waals surface area contributed by atoms with E-state index in [1.54, 1.807) is 0 Å². The van der Waals surface area contributed by atoms with E-state index in [4.69, 9.17) is 0 Å². The summed E-state index contributed by atoms with van der Waals surface area (Å²) in [6.07, 6.45) is 0. The van der Waals surface area contributed by atoms with Crippen LogP contribution in [0.5, 0.6) is 5.19 Å². The van der Waals surface area contributed by atoms with E-state index in [-0.39, 0.29) is 34.8 Å². The molecule has 1 heterocycles. The summed E-state index contributed by atoms with van der Waals surface area (Å²) in [4.78, 5) is 3.78. The third-order valence-corrected chi connectivity index (χ3v) is 2.11. The number of para-hydroxylation sites is 1. The van der Waals surface area contributed by atoms with Crippen molar-refractivity contribution in [3.8, 4) is 5.19 Å². The molecule has 4 heteroatoms. The van der Waals surface area contributed by atoms with Gasteiger partial charge in [-0.05, 0) is 12.1 Å². The van der Waals surface area contributed by atoms with Crippen molar-refractivity contribution in [3.05, 3.63) is 24.3 Å². The molecule has 2 rings (SSSR count). The van der Waals surface area contributed by atoms with Crippen LogP contribution < -0.4 is 34.7 Å². The molecule has 0 spiro atoms. The van der Waals surface area contributed by atoms with E-state index < -0.39 is 0 Å². The van der Waals surface area contributed by atoms with Crippen molar-refractivity contribution >= 4 is 21.6 Å². The molecule has 0 saturated carbocycles. The van der Waals surface area contributed by atoms with Gasteiger partial charge in [-0.2, -0.15) is 0 Å². The maximum Gasteiger partial charge on any atom is 1.00 e. The molecule has 0 saturated heterocycles. The molecule has 0 aliphatic carbocycles. The molecule has 1 aromatic carbocycles. The van der Waals surface area contributed by atoms with Crippen molar-refractivity contribution in [2.75, 3.05) is 0 Å². The van der Waals surface area contributed by atoms with Crippen LogP contribution in [0.2, 0.25) is 0 Å². The first-order valence-corrected chi connectivity index (χ1v) is 3.70. The molecule has 2 aromatic rings. The molecule has 0 radical (unpaired) electrons. The van der Waals surface area contributed by atoms with Crippen LogP contribution in [-0.2, 0) is 0 Å². The quantitative estimate of drug-likeness (QED) is 0.449. The number of rotatable bonds is 0. The van der Waals surface area contributed by atoms with E-state index in [9.17, 15) is 5.11 Å². The number of hydrogen-bond donors (Lipinski definition) is 0. The molecule has 0 aliphatic heterocycles. The van der Waals surface area contributed by atoms with E-state index in [2.05, 4.69) is 4.98 Å². The standard InChI is InChI=1S/C7H5NOS.Na/c9-7-8-5-3-1-2-4-6(5)10-7;/h1-4H,(H,8,9);/q;+1/p-1. The van der Waals surface area contributed by atoms with Gasteiger partial charge in [0.2, 0.25) is 0 Å². The molecular formula is C7H4NNaOS.